The zero-order valence-corrected chi connectivity index (χ0v) is 15.5. The van der Waals surface area contributed by atoms with Gasteiger partial charge in [0, 0.05) is 17.9 Å². The number of carbonyl (C=O) groups excluding carboxylic acids is 3. The molecule has 3 aromatic carbocycles. The summed E-state index contributed by atoms with van der Waals surface area (Å²) in [6.07, 6.45) is 0. The van der Waals surface area contributed by atoms with Crippen molar-refractivity contribution < 1.29 is 29.3 Å². The topological polar surface area (TPSA) is 101 Å². The van der Waals surface area contributed by atoms with Crippen molar-refractivity contribution in [3.05, 3.63) is 63.2 Å². The molecular weight excluding hydrogens is 384 g/mol. The molecule has 0 amide bonds. The molecule has 0 saturated carbocycles. The Morgan fingerprint density at radius 3 is 2.43 bits per heavy atom. The third-order valence-electron chi connectivity index (χ3n) is 4.65. The highest BCUT2D eigenvalue weighted by molar-refractivity contribution is 6.44. The van der Waals surface area contributed by atoms with E-state index >= 15 is 0 Å². The van der Waals surface area contributed by atoms with Crippen LogP contribution >= 0.6 is 11.6 Å². The van der Waals surface area contributed by atoms with Crippen LogP contribution in [0.1, 0.15) is 44.3 Å². The van der Waals surface area contributed by atoms with E-state index in [-0.39, 0.29) is 49.5 Å². The number of benzene rings is 3. The summed E-state index contributed by atoms with van der Waals surface area (Å²) in [6.45, 7) is 2.87. The van der Waals surface area contributed by atoms with Gasteiger partial charge in [-0.15, -0.1) is 0 Å². The van der Waals surface area contributed by atoms with Crippen LogP contribution in [0.25, 0.3) is 10.8 Å². The molecule has 0 bridgehead atoms. The average molecular weight is 397 g/mol. The lowest BCUT2D eigenvalue weighted by Gasteiger charge is -2.23. The van der Waals surface area contributed by atoms with Crippen LogP contribution in [0.5, 0.6) is 17.2 Å². The molecule has 1 aliphatic carbocycles. The number of hydrogen-bond acceptors (Lipinski definition) is 6. The molecule has 1 aliphatic rings. The summed E-state index contributed by atoms with van der Waals surface area (Å²) in [5.74, 6) is -2.82. The number of halogens is 1. The van der Waals surface area contributed by atoms with E-state index in [1.54, 1.807) is 19.1 Å². The Morgan fingerprint density at radius 2 is 1.75 bits per heavy atom. The van der Waals surface area contributed by atoms with Crippen molar-refractivity contribution in [2.45, 2.75) is 13.8 Å². The molecule has 28 heavy (non-hydrogen) atoms. The normalized spacial score (nSPS) is 12.7. The van der Waals surface area contributed by atoms with Crippen molar-refractivity contribution in [3.63, 3.8) is 0 Å². The molecule has 7 heteroatoms. The second-order valence-electron chi connectivity index (χ2n) is 6.55. The van der Waals surface area contributed by atoms with Gasteiger partial charge < -0.3 is 14.9 Å². The molecule has 0 aromatic heterocycles. The first-order valence-electron chi connectivity index (χ1n) is 8.31. The molecule has 2 N–H and O–H groups in total. The first-order valence-corrected chi connectivity index (χ1v) is 8.68. The van der Waals surface area contributed by atoms with Gasteiger partial charge in [0.15, 0.2) is 5.78 Å². The Hall–Kier alpha value is -3.38. The minimum absolute atomic E-state index is 0.00590. The molecule has 0 saturated heterocycles. The van der Waals surface area contributed by atoms with Crippen LogP contribution in [-0.4, -0.2) is 27.7 Å². The molecule has 0 heterocycles. The quantitative estimate of drug-likeness (QED) is 0.373. The van der Waals surface area contributed by atoms with E-state index in [2.05, 4.69) is 0 Å². The fourth-order valence-corrected chi connectivity index (χ4v) is 3.90. The SMILES string of the molecule is CC(=O)Oc1cccc2c(Cl)c3c(c(O)c12)C(=O)c1c(O)cc(C)cc1C3=O. The van der Waals surface area contributed by atoms with Crippen LogP contribution in [0.4, 0.5) is 0 Å². The van der Waals surface area contributed by atoms with E-state index in [9.17, 15) is 24.6 Å². The van der Waals surface area contributed by atoms with Gasteiger partial charge >= 0.3 is 5.97 Å². The molecule has 0 radical (unpaired) electrons. The summed E-state index contributed by atoms with van der Waals surface area (Å²) < 4.78 is 5.12. The minimum Gasteiger partial charge on any atom is -0.507 e. The van der Waals surface area contributed by atoms with Crippen molar-refractivity contribution in [1.82, 2.24) is 0 Å². The molecule has 0 fully saturated rings. The van der Waals surface area contributed by atoms with E-state index in [0.717, 1.165) is 0 Å². The monoisotopic (exact) mass is 396 g/mol. The number of carbonyl (C=O) groups is 3. The summed E-state index contributed by atoms with van der Waals surface area (Å²) in [7, 11) is 0. The Balaban J connectivity index is 2.14. The molecule has 140 valence electrons. The fourth-order valence-electron chi connectivity index (χ4n) is 3.56. The number of fused-ring (bicyclic) bond motifs is 3. The Morgan fingerprint density at radius 1 is 1.04 bits per heavy atom. The summed E-state index contributed by atoms with van der Waals surface area (Å²) in [6, 6.07) is 7.39. The zero-order valence-electron chi connectivity index (χ0n) is 14.8. The maximum atomic E-state index is 13.1. The summed E-state index contributed by atoms with van der Waals surface area (Å²) in [5, 5.41) is 21.4. The van der Waals surface area contributed by atoms with E-state index in [4.69, 9.17) is 16.3 Å². The molecular formula is C21H13ClO6. The smallest absolute Gasteiger partial charge is 0.308 e. The number of aryl methyl sites for hydroxylation is 1. The first-order chi connectivity index (χ1) is 13.2. The lowest BCUT2D eigenvalue weighted by atomic mass is 9.81. The molecule has 0 unspecified atom stereocenters. The van der Waals surface area contributed by atoms with E-state index < -0.39 is 23.3 Å². The van der Waals surface area contributed by atoms with Crippen molar-refractivity contribution >= 4 is 39.9 Å². The molecule has 0 aliphatic heterocycles. The summed E-state index contributed by atoms with van der Waals surface area (Å²) >= 11 is 6.46. The Bertz CT molecular complexity index is 1240. The van der Waals surface area contributed by atoms with Crippen LogP contribution in [0.2, 0.25) is 5.02 Å². The highest BCUT2D eigenvalue weighted by Crippen LogP contribution is 2.47. The minimum atomic E-state index is -0.735. The van der Waals surface area contributed by atoms with Crippen LogP contribution < -0.4 is 4.74 Å². The van der Waals surface area contributed by atoms with Gasteiger partial charge in [0.1, 0.15) is 17.2 Å². The largest absolute Gasteiger partial charge is 0.507 e. The highest BCUT2D eigenvalue weighted by atomic mass is 35.5. The number of rotatable bonds is 1. The molecule has 0 atom stereocenters. The summed E-state index contributed by atoms with van der Waals surface area (Å²) in [4.78, 5) is 37.6. The average Bonchev–Trinajstić information content (AvgIpc) is 2.61. The van der Waals surface area contributed by atoms with E-state index in [1.165, 1.54) is 25.1 Å². The van der Waals surface area contributed by atoms with E-state index in [1.807, 2.05) is 0 Å². The van der Waals surface area contributed by atoms with Gasteiger partial charge in [-0.1, -0.05) is 23.7 Å². The van der Waals surface area contributed by atoms with Crippen molar-refractivity contribution in [3.8, 4) is 17.2 Å². The first kappa shape index (κ1) is 18.0. The molecule has 4 rings (SSSR count). The third-order valence-corrected chi connectivity index (χ3v) is 5.04. The number of hydrogen-bond donors (Lipinski definition) is 2. The van der Waals surface area contributed by atoms with Crippen molar-refractivity contribution in [2.75, 3.05) is 0 Å². The maximum Gasteiger partial charge on any atom is 0.308 e. The van der Waals surface area contributed by atoms with Gasteiger partial charge in [-0.25, -0.2) is 0 Å². The number of phenolic OH excluding ortho intramolecular Hbond substituents is 2. The van der Waals surface area contributed by atoms with Gasteiger partial charge in [-0.2, -0.15) is 0 Å². The maximum absolute atomic E-state index is 13.1. The molecule has 6 nitrogen and oxygen atoms in total. The zero-order chi connectivity index (χ0) is 20.3. The number of ketones is 2. The molecule has 0 spiro atoms. The predicted octanol–water partition coefficient (Wildman–Crippen LogP) is 3.91. The standard InChI is InChI=1S/C21H13ClO6/c1-8-6-11-14(12(24)7-8)20(26)17-16(19(11)25)18(22)10-4-3-5-13(28-9(2)23)15(10)21(17)27/h3-7,24,27H,1-2H3. The van der Waals surface area contributed by atoms with Gasteiger partial charge in [-0.3, -0.25) is 14.4 Å². The number of ether oxygens (including phenoxy) is 1. The van der Waals surface area contributed by atoms with Gasteiger partial charge in [-0.05, 0) is 30.7 Å². The highest BCUT2D eigenvalue weighted by Gasteiger charge is 2.38. The van der Waals surface area contributed by atoms with Gasteiger partial charge in [0.05, 0.1) is 27.1 Å². The Labute approximate surface area is 163 Å². The third kappa shape index (κ3) is 2.38. The van der Waals surface area contributed by atoms with Gasteiger partial charge in [0.25, 0.3) is 0 Å². The van der Waals surface area contributed by atoms with Gasteiger partial charge in [0.2, 0.25) is 5.78 Å². The second-order valence-corrected chi connectivity index (χ2v) is 6.93. The number of phenols is 2. The fraction of sp³-hybridized carbons (Fsp3) is 0.0952. The van der Waals surface area contributed by atoms with E-state index in [0.29, 0.717) is 5.56 Å². The number of aromatic hydroxyl groups is 2. The van der Waals surface area contributed by atoms with Crippen LogP contribution in [0, 0.1) is 6.92 Å². The van der Waals surface area contributed by atoms with Crippen molar-refractivity contribution in [1.29, 1.82) is 0 Å². The number of esters is 1. The van der Waals surface area contributed by atoms with Crippen LogP contribution in [-0.2, 0) is 4.79 Å². The lowest BCUT2D eigenvalue weighted by molar-refractivity contribution is -0.131. The van der Waals surface area contributed by atoms with Crippen LogP contribution in [0.15, 0.2) is 30.3 Å². The lowest BCUT2D eigenvalue weighted by Crippen LogP contribution is -2.22. The second kappa shape index (κ2) is 6.07. The summed E-state index contributed by atoms with van der Waals surface area (Å²) in [5.41, 5.74) is -0.0485. The van der Waals surface area contributed by atoms with Crippen LogP contribution in [0.3, 0.4) is 0 Å². The molecule has 3 aromatic rings. The Kier molecular flexibility index (Phi) is 3.90. The van der Waals surface area contributed by atoms with Crippen molar-refractivity contribution in [2.24, 2.45) is 0 Å². The predicted molar refractivity (Wildman–Crippen MR) is 102 cm³/mol.